The van der Waals surface area contributed by atoms with Crippen molar-refractivity contribution < 1.29 is 4.79 Å². The third-order valence-electron chi connectivity index (χ3n) is 6.12. The molecule has 1 aromatic carbocycles. The van der Waals surface area contributed by atoms with Crippen molar-refractivity contribution >= 4 is 5.91 Å². The number of piperazine rings is 1. The van der Waals surface area contributed by atoms with Gasteiger partial charge in [0.2, 0.25) is 5.91 Å². The van der Waals surface area contributed by atoms with Crippen LogP contribution in [0, 0.1) is 29.1 Å². The minimum absolute atomic E-state index is 0.191. The van der Waals surface area contributed by atoms with Gasteiger partial charge in [-0.1, -0.05) is 43.2 Å². The van der Waals surface area contributed by atoms with Crippen molar-refractivity contribution in [2.45, 2.75) is 38.3 Å². The summed E-state index contributed by atoms with van der Waals surface area (Å²) in [6, 6.07) is 12.5. The zero-order chi connectivity index (χ0) is 16.5. The first kappa shape index (κ1) is 15.7. The number of nitrogens with zero attached hydrogens (tertiary/aromatic N) is 3. The molecule has 1 amide bonds. The Labute approximate surface area is 144 Å². The Kier molecular flexibility index (Phi) is 4.28. The highest BCUT2D eigenvalue weighted by Crippen LogP contribution is 2.56. The Hall–Kier alpha value is -1.86. The summed E-state index contributed by atoms with van der Waals surface area (Å²) < 4.78 is 0. The first-order chi connectivity index (χ1) is 11.8. The largest absolute Gasteiger partial charge is 0.339 e. The van der Waals surface area contributed by atoms with Crippen LogP contribution in [0.4, 0.5) is 0 Å². The molecule has 0 spiro atoms. The number of carbonyl (C=O) groups excluding carboxylic acids is 1. The molecule has 0 N–H and O–H groups in total. The summed E-state index contributed by atoms with van der Waals surface area (Å²) in [4.78, 5) is 17.0. The molecule has 126 valence electrons. The molecular formula is C20H25N3O. The highest BCUT2D eigenvalue weighted by molar-refractivity contribution is 5.82. The minimum Gasteiger partial charge on any atom is -0.339 e. The second kappa shape index (κ2) is 6.57. The molecule has 0 aromatic heterocycles. The Balaban J connectivity index is 1.37. The molecule has 0 bridgehead atoms. The quantitative estimate of drug-likeness (QED) is 0.859. The topological polar surface area (TPSA) is 47.3 Å². The lowest BCUT2D eigenvalue weighted by Gasteiger charge is -2.38. The van der Waals surface area contributed by atoms with Crippen LogP contribution in [-0.4, -0.2) is 41.4 Å². The van der Waals surface area contributed by atoms with Crippen LogP contribution >= 0.6 is 0 Å². The summed E-state index contributed by atoms with van der Waals surface area (Å²) in [5.41, 5.74) is 1.23. The van der Waals surface area contributed by atoms with Gasteiger partial charge in [0.05, 0.1) is 6.07 Å². The van der Waals surface area contributed by atoms with E-state index in [9.17, 15) is 10.1 Å². The highest BCUT2D eigenvalue weighted by Gasteiger charge is 2.56. The van der Waals surface area contributed by atoms with E-state index in [0.717, 1.165) is 19.6 Å². The van der Waals surface area contributed by atoms with Gasteiger partial charge in [0.15, 0.2) is 0 Å². The molecule has 4 heteroatoms. The molecule has 2 aliphatic carbocycles. The molecule has 4 rings (SSSR count). The van der Waals surface area contributed by atoms with Crippen molar-refractivity contribution in [3.8, 4) is 6.07 Å². The predicted molar refractivity (Wildman–Crippen MR) is 91.8 cm³/mol. The van der Waals surface area contributed by atoms with Crippen LogP contribution in [-0.2, 0) is 11.3 Å². The van der Waals surface area contributed by atoms with Crippen molar-refractivity contribution in [3.05, 3.63) is 35.9 Å². The van der Waals surface area contributed by atoms with Gasteiger partial charge >= 0.3 is 0 Å². The maximum absolute atomic E-state index is 12.9. The van der Waals surface area contributed by atoms with Crippen LogP contribution in [0.3, 0.4) is 0 Å². The highest BCUT2D eigenvalue weighted by atomic mass is 16.2. The smallest absolute Gasteiger partial charge is 0.226 e. The molecule has 1 heterocycles. The second-order valence-electron chi connectivity index (χ2n) is 7.52. The molecule has 24 heavy (non-hydrogen) atoms. The fourth-order valence-corrected chi connectivity index (χ4v) is 4.72. The van der Waals surface area contributed by atoms with Crippen LogP contribution in [0.5, 0.6) is 0 Å². The number of benzene rings is 1. The van der Waals surface area contributed by atoms with E-state index in [2.05, 4.69) is 23.1 Å². The van der Waals surface area contributed by atoms with Crippen LogP contribution < -0.4 is 0 Å². The first-order valence-electron chi connectivity index (χ1n) is 9.24. The van der Waals surface area contributed by atoms with Gasteiger partial charge in [-0.3, -0.25) is 9.69 Å². The first-order valence-corrected chi connectivity index (χ1v) is 9.24. The number of fused-ring (bicyclic) bond motifs is 1. The molecule has 3 fully saturated rings. The second-order valence-corrected chi connectivity index (χ2v) is 7.52. The minimum atomic E-state index is -0.191. The Morgan fingerprint density at radius 3 is 2.50 bits per heavy atom. The summed E-state index contributed by atoms with van der Waals surface area (Å²) in [6.07, 6.45) is 5.04. The normalized spacial score (nSPS) is 32.7. The standard InChI is InChI=1S/C20H25N3O/c21-12-16-14-23(20(24)19-17-8-4-5-9-18(17)19)11-10-22(16)13-15-6-2-1-3-7-15/h1-3,6-7,16-19H,4-5,8-11,13-14H2/t16-,17-,18+,19?/m0/s1. The van der Waals surface area contributed by atoms with E-state index in [4.69, 9.17) is 0 Å². The van der Waals surface area contributed by atoms with Gasteiger partial charge in [-0.05, 0) is 30.2 Å². The van der Waals surface area contributed by atoms with E-state index in [1.807, 2.05) is 23.1 Å². The van der Waals surface area contributed by atoms with Gasteiger partial charge in [-0.15, -0.1) is 0 Å². The number of hydrogen-bond donors (Lipinski definition) is 0. The van der Waals surface area contributed by atoms with Crippen LogP contribution in [0.2, 0.25) is 0 Å². The molecule has 1 aliphatic heterocycles. The van der Waals surface area contributed by atoms with E-state index >= 15 is 0 Å². The van der Waals surface area contributed by atoms with Gasteiger partial charge in [0.1, 0.15) is 6.04 Å². The average molecular weight is 323 g/mol. The number of rotatable bonds is 3. The Bertz CT molecular complexity index is 626. The summed E-state index contributed by atoms with van der Waals surface area (Å²) in [6.45, 7) is 2.91. The monoisotopic (exact) mass is 323 g/mol. The zero-order valence-corrected chi connectivity index (χ0v) is 14.1. The molecular weight excluding hydrogens is 298 g/mol. The Morgan fingerprint density at radius 2 is 1.83 bits per heavy atom. The van der Waals surface area contributed by atoms with Gasteiger partial charge in [0.25, 0.3) is 0 Å². The molecule has 3 aliphatic rings. The molecule has 4 nitrogen and oxygen atoms in total. The fourth-order valence-electron chi connectivity index (χ4n) is 4.72. The van der Waals surface area contributed by atoms with E-state index in [-0.39, 0.29) is 12.0 Å². The van der Waals surface area contributed by atoms with Gasteiger partial charge in [0, 0.05) is 32.1 Å². The molecule has 2 saturated carbocycles. The van der Waals surface area contributed by atoms with Crippen molar-refractivity contribution in [2.24, 2.45) is 17.8 Å². The molecule has 1 unspecified atom stereocenters. The number of carbonyl (C=O) groups is 1. The van der Waals surface area contributed by atoms with Crippen molar-refractivity contribution in [3.63, 3.8) is 0 Å². The summed E-state index contributed by atoms with van der Waals surface area (Å²) in [5.74, 6) is 1.89. The van der Waals surface area contributed by atoms with Gasteiger partial charge < -0.3 is 4.90 Å². The molecule has 0 radical (unpaired) electrons. The number of hydrogen-bond acceptors (Lipinski definition) is 3. The summed E-state index contributed by atoms with van der Waals surface area (Å²) >= 11 is 0. The molecule has 1 saturated heterocycles. The summed E-state index contributed by atoms with van der Waals surface area (Å²) in [5, 5.41) is 9.57. The predicted octanol–water partition coefficient (Wildman–Crippen LogP) is 2.66. The van der Waals surface area contributed by atoms with Gasteiger partial charge in [-0.2, -0.15) is 5.26 Å². The SMILES string of the molecule is N#C[C@H]1CN(C(=O)C2[C@H]3CCCC[C@@H]23)CCN1Cc1ccccc1. The zero-order valence-electron chi connectivity index (χ0n) is 14.1. The molecule has 1 aromatic rings. The maximum atomic E-state index is 12.9. The lowest BCUT2D eigenvalue weighted by molar-refractivity contribution is -0.135. The molecule has 4 atom stereocenters. The third-order valence-corrected chi connectivity index (χ3v) is 6.12. The average Bonchev–Trinajstić information content (AvgIpc) is 3.36. The van der Waals surface area contributed by atoms with Gasteiger partial charge in [-0.25, -0.2) is 0 Å². The van der Waals surface area contributed by atoms with Crippen LogP contribution in [0.25, 0.3) is 0 Å². The van der Waals surface area contributed by atoms with Crippen LogP contribution in [0.15, 0.2) is 30.3 Å². The lowest BCUT2D eigenvalue weighted by Crippen LogP contribution is -2.54. The van der Waals surface area contributed by atoms with Crippen molar-refractivity contribution in [2.75, 3.05) is 19.6 Å². The number of amides is 1. The number of nitriles is 1. The van der Waals surface area contributed by atoms with E-state index < -0.39 is 0 Å². The Morgan fingerprint density at radius 1 is 1.12 bits per heavy atom. The van der Waals surface area contributed by atoms with Crippen molar-refractivity contribution in [1.82, 2.24) is 9.80 Å². The summed E-state index contributed by atoms with van der Waals surface area (Å²) in [7, 11) is 0. The van der Waals surface area contributed by atoms with E-state index in [0.29, 0.717) is 24.3 Å². The third kappa shape index (κ3) is 2.93. The van der Waals surface area contributed by atoms with Crippen molar-refractivity contribution in [1.29, 1.82) is 5.26 Å². The van der Waals surface area contributed by atoms with E-state index in [1.54, 1.807) is 0 Å². The maximum Gasteiger partial charge on any atom is 0.226 e. The van der Waals surface area contributed by atoms with Crippen LogP contribution in [0.1, 0.15) is 31.2 Å². The van der Waals surface area contributed by atoms with E-state index in [1.165, 1.54) is 31.2 Å². The lowest BCUT2D eigenvalue weighted by atomic mass is 10.0. The fraction of sp³-hybridized carbons (Fsp3) is 0.600.